The molecule has 0 radical (unpaired) electrons. The van der Waals surface area contributed by atoms with Crippen LogP contribution in [0.15, 0.2) is 24.3 Å². The molecule has 4 heteroatoms. The largest absolute Gasteiger partial charge is 0.396 e. The van der Waals surface area contributed by atoms with Crippen LogP contribution in [0, 0.1) is 5.92 Å². The van der Waals surface area contributed by atoms with Gasteiger partial charge in [0, 0.05) is 18.5 Å². The molecule has 1 heterocycles. The molecule has 0 bridgehead atoms. The minimum atomic E-state index is 0.274. The Labute approximate surface area is 112 Å². The summed E-state index contributed by atoms with van der Waals surface area (Å²) in [5.41, 5.74) is 1.05. The van der Waals surface area contributed by atoms with Crippen molar-refractivity contribution in [2.45, 2.75) is 26.2 Å². The van der Waals surface area contributed by atoms with Gasteiger partial charge in [0.05, 0.1) is 5.52 Å². The second-order valence-corrected chi connectivity index (χ2v) is 5.35. The molecule has 2 rings (SSSR count). The normalized spacial score (nSPS) is 12.8. The summed E-state index contributed by atoms with van der Waals surface area (Å²) in [6.45, 7) is 3.38. The van der Waals surface area contributed by atoms with E-state index >= 15 is 0 Å². The van der Waals surface area contributed by atoms with Crippen LogP contribution in [0.5, 0.6) is 0 Å². The maximum atomic E-state index is 9.05. The van der Waals surface area contributed by atoms with Crippen molar-refractivity contribution in [3.05, 3.63) is 24.3 Å². The van der Waals surface area contributed by atoms with Gasteiger partial charge in [-0.3, -0.25) is 0 Å². The predicted octanol–water partition coefficient (Wildman–Crippen LogP) is 3.51. The van der Waals surface area contributed by atoms with Crippen LogP contribution in [0.25, 0.3) is 10.9 Å². The first-order valence-electron chi connectivity index (χ1n) is 6.54. The Morgan fingerprint density at radius 1 is 1.33 bits per heavy atom. The van der Waals surface area contributed by atoms with Gasteiger partial charge in [-0.2, -0.15) is 4.37 Å². The fourth-order valence-corrected chi connectivity index (χ4v) is 2.96. The Bertz CT molecular complexity index is 477. The molecule has 0 aliphatic heterocycles. The molecule has 1 aromatic carbocycles. The molecular formula is C14H20N2OS. The molecule has 0 saturated carbocycles. The molecule has 18 heavy (non-hydrogen) atoms. The van der Waals surface area contributed by atoms with Crippen LogP contribution >= 0.6 is 11.5 Å². The molecular weight excluding hydrogens is 244 g/mol. The number of hydrogen-bond acceptors (Lipinski definition) is 4. The van der Waals surface area contributed by atoms with Gasteiger partial charge in [-0.15, -0.1) is 0 Å². The van der Waals surface area contributed by atoms with E-state index in [0.717, 1.165) is 36.3 Å². The van der Waals surface area contributed by atoms with Crippen molar-refractivity contribution in [3.63, 3.8) is 0 Å². The molecule has 2 aromatic rings. The molecule has 3 nitrogen and oxygen atoms in total. The molecule has 0 saturated heterocycles. The summed E-state index contributed by atoms with van der Waals surface area (Å²) in [7, 11) is 0. The third-order valence-electron chi connectivity index (χ3n) is 3.17. The zero-order valence-corrected chi connectivity index (χ0v) is 11.5. The first-order valence-corrected chi connectivity index (χ1v) is 7.31. The minimum absolute atomic E-state index is 0.274. The minimum Gasteiger partial charge on any atom is -0.396 e. The molecule has 1 aromatic heterocycles. The van der Waals surface area contributed by atoms with Crippen molar-refractivity contribution >= 4 is 27.4 Å². The summed E-state index contributed by atoms with van der Waals surface area (Å²) >= 11 is 1.52. The van der Waals surface area contributed by atoms with Gasteiger partial charge >= 0.3 is 0 Å². The van der Waals surface area contributed by atoms with Crippen molar-refractivity contribution in [1.29, 1.82) is 0 Å². The van der Waals surface area contributed by atoms with Crippen LogP contribution in [0.3, 0.4) is 0 Å². The summed E-state index contributed by atoms with van der Waals surface area (Å²) in [5.74, 6) is 0.542. The van der Waals surface area contributed by atoms with Crippen LogP contribution < -0.4 is 5.32 Å². The van der Waals surface area contributed by atoms with E-state index < -0.39 is 0 Å². The van der Waals surface area contributed by atoms with E-state index in [-0.39, 0.29) is 6.61 Å². The molecule has 0 aliphatic carbocycles. The average Bonchev–Trinajstić information content (AvgIpc) is 2.80. The second kappa shape index (κ2) is 6.71. The van der Waals surface area contributed by atoms with E-state index in [9.17, 15) is 0 Å². The van der Waals surface area contributed by atoms with Crippen molar-refractivity contribution in [1.82, 2.24) is 4.37 Å². The van der Waals surface area contributed by atoms with Crippen LogP contribution in [0.4, 0.5) is 5.00 Å². The Balaban J connectivity index is 2.00. The van der Waals surface area contributed by atoms with Crippen LogP contribution in [-0.4, -0.2) is 22.6 Å². The highest BCUT2D eigenvalue weighted by Crippen LogP contribution is 2.27. The second-order valence-electron chi connectivity index (χ2n) is 4.58. The quantitative estimate of drug-likeness (QED) is 0.804. The van der Waals surface area contributed by atoms with Crippen LogP contribution in [-0.2, 0) is 0 Å². The van der Waals surface area contributed by atoms with Crippen LogP contribution in [0.1, 0.15) is 26.2 Å². The number of aliphatic hydroxyl groups is 1. The number of rotatable bonds is 7. The number of aromatic nitrogens is 1. The van der Waals surface area contributed by atoms with Crippen LogP contribution in [0.2, 0.25) is 0 Å². The molecule has 0 amide bonds. The Hall–Kier alpha value is -1.13. The number of aliphatic hydroxyl groups excluding tert-OH is 1. The van der Waals surface area contributed by atoms with Gasteiger partial charge < -0.3 is 10.4 Å². The number of anilines is 1. The van der Waals surface area contributed by atoms with Gasteiger partial charge in [0.2, 0.25) is 0 Å². The highest BCUT2D eigenvalue weighted by atomic mass is 32.1. The average molecular weight is 264 g/mol. The van der Waals surface area contributed by atoms with Gasteiger partial charge in [-0.25, -0.2) is 0 Å². The van der Waals surface area contributed by atoms with E-state index in [2.05, 4.69) is 22.7 Å². The topological polar surface area (TPSA) is 45.1 Å². The number of nitrogens with one attached hydrogen (secondary N) is 1. The van der Waals surface area contributed by atoms with Gasteiger partial charge in [0.15, 0.2) is 0 Å². The monoisotopic (exact) mass is 264 g/mol. The van der Waals surface area contributed by atoms with E-state index in [1.54, 1.807) is 0 Å². The Morgan fingerprint density at radius 3 is 2.94 bits per heavy atom. The highest BCUT2D eigenvalue weighted by molar-refractivity contribution is 7.11. The third-order valence-corrected chi connectivity index (χ3v) is 4.00. The first kappa shape index (κ1) is 13.3. The summed E-state index contributed by atoms with van der Waals surface area (Å²) in [4.78, 5) is 0. The number of benzene rings is 1. The van der Waals surface area contributed by atoms with E-state index in [4.69, 9.17) is 5.11 Å². The zero-order chi connectivity index (χ0) is 12.8. The van der Waals surface area contributed by atoms with E-state index in [0.29, 0.717) is 5.92 Å². The lowest BCUT2D eigenvalue weighted by Gasteiger charge is -2.15. The fourth-order valence-electron chi connectivity index (χ4n) is 2.19. The van der Waals surface area contributed by atoms with Crippen molar-refractivity contribution in [2.24, 2.45) is 5.92 Å². The van der Waals surface area contributed by atoms with Crippen molar-refractivity contribution in [2.75, 3.05) is 18.5 Å². The Kier molecular flexibility index (Phi) is 4.96. The molecule has 1 unspecified atom stereocenters. The van der Waals surface area contributed by atoms with E-state index in [1.807, 2.05) is 18.2 Å². The SMILES string of the molecule is CCCC(CCO)CNc1snc2ccccc12. The summed E-state index contributed by atoms with van der Waals surface area (Å²) in [5, 5.41) is 14.9. The van der Waals surface area contributed by atoms with Gasteiger partial charge in [0.1, 0.15) is 5.00 Å². The van der Waals surface area contributed by atoms with Crippen molar-refractivity contribution in [3.8, 4) is 0 Å². The standard InChI is InChI=1S/C14H20N2OS/c1-2-5-11(8-9-17)10-15-14-12-6-3-4-7-13(12)16-18-14/h3-4,6-7,11,15,17H,2,5,8-10H2,1H3. The van der Waals surface area contributed by atoms with E-state index in [1.165, 1.54) is 16.9 Å². The number of fused-ring (bicyclic) bond motifs is 1. The van der Waals surface area contributed by atoms with Gasteiger partial charge in [-0.1, -0.05) is 25.5 Å². The Morgan fingerprint density at radius 2 is 2.17 bits per heavy atom. The number of hydrogen-bond donors (Lipinski definition) is 2. The highest BCUT2D eigenvalue weighted by Gasteiger charge is 2.09. The summed E-state index contributed by atoms with van der Waals surface area (Å²) in [6, 6.07) is 8.19. The van der Waals surface area contributed by atoms with Crippen molar-refractivity contribution < 1.29 is 5.11 Å². The lowest BCUT2D eigenvalue weighted by atomic mass is 10.0. The van der Waals surface area contributed by atoms with Gasteiger partial charge in [0.25, 0.3) is 0 Å². The first-order chi connectivity index (χ1) is 8.85. The maximum Gasteiger partial charge on any atom is 0.117 e. The summed E-state index contributed by atoms with van der Waals surface area (Å²) < 4.78 is 4.42. The maximum absolute atomic E-state index is 9.05. The predicted molar refractivity (Wildman–Crippen MR) is 78.2 cm³/mol. The summed E-state index contributed by atoms with van der Waals surface area (Å²) in [6.07, 6.45) is 3.19. The molecule has 98 valence electrons. The molecule has 0 spiro atoms. The molecule has 1 atom stereocenters. The third kappa shape index (κ3) is 3.21. The van der Waals surface area contributed by atoms with Gasteiger partial charge in [-0.05, 0) is 42.4 Å². The smallest absolute Gasteiger partial charge is 0.117 e. The molecule has 0 aliphatic rings. The molecule has 0 fully saturated rings. The zero-order valence-electron chi connectivity index (χ0n) is 10.7. The number of nitrogens with zero attached hydrogens (tertiary/aromatic N) is 1. The lowest BCUT2D eigenvalue weighted by molar-refractivity contribution is 0.255. The fraction of sp³-hybridized carbons (Fsp3) is 0.500. The lowest BCUT2D eigenvalue weighted by Crippen LogP contribution is -2.15. The molecule has 2 N–H and O–H groups in total.